The number of aliphatic hydroxyl groups excluding tert-OH is 1. The van der Waals surface area contributed by atoms with Gasteiger partial charge >= 0.3 is 0 Å². The van der Waals surface area contributed by atoms with E-state index < -0.39 is 0 Å². The summed E-state index contributed by atoms with van der Waals surface area (Å²) in [6, 6.07) is 7.79. The van der Waals surface area contributed by atoms with Crippen LogP contribution in [-0.4, -0.2) is 39.9 Å². The summed E-state index contributed by atoms with van der Waals surface area (Å²) in [4.78, 5) is 2.24. The Bertz CT molecular complexity index is 570. The van der Waals surface area contributed by atoms with Crippen LogP contribution in [-0.2, 0) is 6.54 Å². The maximum Gasteiger partial charge on any atom is 0.247 e. The van der Waals surface area contributed by atoms with Gasteiger partial charge in [-0.3, -0.25) is 4.90 Å². The lowest BCUT2D eigenvalue weighted by atomic mass is 10.1. The minimum atomic E-state index is 0.254. The molecule has 3 rings (SSSR count). The van der Waals surface area contributed by atoms with E-state index in [2.05, 4.69) is 31.0 Å². The van der Waals surface area contributed by atoms with Crippen LogP contribution in [0, 0.1) is 5.92 Å². The van der Waals surface area contributed by atoms with E-state index in [1.54, 1.807) is 0 Å². The summed E-state index contributed by atoms with van der Waals surface area (Å²) < 4.78 is 6.72. The van der Waals surface area contributed by atoms with Gasteiger partial charge in [-0.1, -0.05) is 15.9 Å². The molecular formula is C14H16BrN3O2. The van der Waals surface area contributed by atoms with Crippen molar-refractivity contribution in [2.75, 3.05) is 19.7 Å². The largest absolute Gasteiger partial charge is 0.419 e. The lowest BCUT2D eigenvalue weighted by molar-refractivity contribution is 0.215. The molecule has 1 N–H and O–H groups in total. The van der Waals surface area contributed by atoms with Gasteiger partial charge < -0.3 is 9.52 Å². The lowest BCUT2D eigenvalue weighted by Gasteiger charge is -2.12. The molecule has 1 unspecified atom stereocenters. The molecule has 1 fully saturated rings. The molecule has 0 spiro atoms. The number of likely N-dealkylation sites (tertiary alicyclic amines) is 1. The molecule has 1 atom stereocenters. The summed E-state index contributed by atoms with van der Waals surface area (Å²) in [6.07, 6.45) is 1.03. The zero-order chi connectivity index (χ0) is 13.9. The van der Waals surface area contributed by atoms with Crippen LogP contribution in [0.1, 0.15) is 12.3 Å². The molecule has 1 saturated heterocycles. The summed E-state index contributed by atoms with van der Waals surface area (Å²) in [6.45, 7) is 2.78. The van der Waals surface area contributed by atoms with E-state index in [9.17, 15) is 0 Å². The third-order valence-corrected chi connectivity index (χ3v) is 4.07. The SMILES string of the molecule is OCC1CCN(Cc2nnc(-c3ccc(Br)cc3)o2)C1. The smallest absolute Gasteiger partial charge is 0.247 e. The summed E-state index contributed by atoms with van der Waals surface area (Å²) in [7, 11) is 0. The first kappa shape index (κ1) is 13.7. The Morgan fingerprint density at radius 2 is 2.10 bits per heavy atom. The van der Waals surface area contributed by atoms with Gasteiger partial charge in [0.2, 0.25) is 11.8 Å². The first-order valence-electron chi connectivity index (χ1n) is 6.66. The molecule has 1 aromatic heterocycles. The van der Waals surface area contributed by atoms with Crippen LogP contribution >= 0.6 is 15.9 Å². The summed E-state index contributed by atoms with van der Waals surface area (Å²) in [5.41, 5.74) is 0.918. The van der Waals surface area contributed by atoms with Crippen molar-refractivity contribution < 1.29 is 9.52 Å². The topological polar surface area (TPSA) is 62.4 Å². The van der Waals surface area contributed by atoms with Crippen molar-refractivity contribution in [3.05, 3.63) is 34.6 Å². The number of nitrogens with zero attached hydrogens (tertiary/aromatic N) is 3. The van der Waals surface area contributed by atoms with Crippen LogP contribution in [0.2, 0.25) is 0 Å². The zero-order valence-electron chi connectivity index (χ0n) is 11.0. The number of hydrogen-bond acceptors (Lipinski definition) is 5. The first-order valence-corrected chi connectivity index (χ1v) is 7.45. The molecule has 0 aliphatic carbocycles. The number of benzene rings is 1. The van der Waals surface area contributed by atoms with E-state index in [0.717, 1.165) is 29.5 Å². The van der Waals surface area contributed by atoms with Crippen molar-refractivity contribution in [3.8, 4) is 11.5 Å². The number of hydrogen-bond donors (Lipinski definition) is 1. The minimum absolute atomic E-state index is 0.254. The fraction of sp³-hybridized carbons (Fsp3) is 0.429. The van der Waals surface area contributed by atoms with E-state index in [1.165, 1.54) is 0 Å². The molecular weight excluding hydrogens is 322 g/mol. The molecule has 0 amide bonds. The fourth-order valence-electron chi connectivity index (χ4n) is 2.42. The Morgan fingerprint density at radius 1 is 1.30 bits per heavy atom. The second kappa shape index (κ2) is 6.03. The van der Waals surface area contributed by atoms with Gasteiger partial charge in [-0.2, -0.15) is 0 Å². The van der Waals surface area contributed by atoms with Crippen molar-refractivity contribution in [2.45, 2.75) is 13.0 Å². The molecule has 0 radical (unpaired) electrons. The fourth-order valence-corrected chi connectivity index (χ4v) is 2.69. The maximum atomic E-state index is 9.14. The normalized spacial score (nSPS) is 19.6. The highest BCUT2D eigenvalue weighted by Gasteiger charge is 2.23. The lowest BCUT2D eigenvalue weighted by Crippen LogP contribution is -2.21. The molecule has 1 aliphatic heterocycles. The highest BCUT2D eigenvalue weighted by atomic mass is 79.9. The third-order valence-electron chi connectivity index (χ3n) is 3.55. The standard InChI is InChI=1S/C14H16BrN3O2/c15-12-3-1-11(2-4-12)14-17-16-13(20-14)8-18-6-5-10(7-18)9-19/h1-4,10,19H,5-9H2. The van der Waals surface area contributed by atoms with Crippen molar-refractivity contribution in [3.63, 3.8) is 0 Å². The maximum absolute atomic E-state index is 9.14. The summed E-state index contributed by atoms with van der Waals surface area (Å²) in [5.74, 6) is 1.55. The van der Waals surface area contributed by atoms with Gasteiger partial charge in [0, 0.05) is 23.2 Å². The molecule has 2 aromatic rings. The van der Waals surface area contributed by atoms with Crippen LogP contribution in [0.15, 0.2) is 33.2 Å². The van der Waals surface area contributed by atoms with Gasteiger partial charge in [0.1, 0.15) is 0 Å². The Hall–Kier alpha value is -1.24. The second-order valence-electron chi connectivity index (χ2n) is 5.08. The molecule has 5 nitrogen and oxygen atoms in total. The molecule has 1 aliphatic rings. The van der Waals surface area contributed by atoms with E-state index in [0.29, 0.717) is 24.2 Å². The summed E-state index contributed by atoms with van der Waals surface area (Å²) >= 11 is 3.40. The highest BCUT2D eigenvalue weighted by Crippen LogP contribution is 2.22. The molecule has 2 heterocycles. The zero-order valence-corrected chi connectivity index (χ0v) is 12.6. The predicted octanol–water partition coefficient (Wildman–Crippen LogP) is 2.31. The van der Waals surface area contributed by atoms with Crippen molar-refractivity contribution in [1.82, 2.24) is 15.1 Å². The van der Waals surface area contributed by atoms with Crippen LogP contribution in [0.25, 0.3) is 11.5 Å². The third kappa shape index (κ3) is 3.08. The van der Waals surface area contributed by atoms with E-state index in [4.69, 9.17) is 9.52 Å². The van der Waals surface area contributed by atoms with Crippen molar-refractivity contribution in [1.29, 1.82) is 0 Å². The van der Waals surface area contributed by atoms with Gasteiger partial charge in [0.15, 0.2) is 0 Å². The monoisotopic (exact) mass is 337 g/mol. The van der Waals surface area contributed by atoms with Gasteiger partial charge in [-0.25, -0.2) is 0 Å². The Morgan fingerprint density at radius 3 is 2.80 bits per heavy atom. The molecule has 1 aromatic carbocycles. The average molecular weight is 338 g/mol. The van der Waals surface area contributed by atoms with E-state index >= 15 is 0 Å². The number of aromatic nitrogens is 2. The molecule has 106 valence electrons. The number of aliphatic hydroxyl groups is 1. The van der Waals surface area contributed by atoms with Crippen LogP contribution in [0.3, 0.4) is 0 Å². The number of halogens is 1. The average Bonchev–Trinajstić information content (AvgIpc) is 3.09. The van der Waals surface area contributed by atoms with Gasteiger partial charge in [-0.05, 0) is 43.1 Å². The van der Waals surface area contributed by atoms with Gasteiger partial charge in [0.25, 0.3) is 0 Å². The molecule has 0 bridgehead atoms. The quantitative estimate of drug-likeness (QED) is 0.927. The molecule has 6 heteroatoms. The van der Waals surface area contributed by atoms with Gasteiger partial charge in [0.05, 0.1) is 6.54 Å². The van der Waals surface area contributed by atoms with Crippen molar-refractivity contribution >= 4 is 15.9 Å². The summed E-state index contributed by atoms with van der Waals surface area (Å²) in [5, 5.41) is 17.3. The van der Waals surface area contributed by atoms with Gasteiger partial charge in [-0.15, -0.1) is 10.2 Å². The van der Waals surface area contributed by atoms with E-state index in [1.807, 2.05) is 24.3 Å². The Balaban J connectivity index is 1.66. The van der Waals surface area contributed by atoms with Crippen molar-refractivity contribution in [2.24, 2.45) is 5.92 Å². The van der Waals surface area contributed by atoms with Crippen LogP contribution < -0.4 is 0 Å². The number of rotatable bonds is 4. The van der Waals surface area contributed by atoms with E-state index in [-0.39, 0.29) is 6.61 Å². The minimum Gasteiger partial charge on any atom is -0.419 e. The second-order valence-corrected chi connectivity index (χ2v) is 6.00. The highest BCUT2D eigenvalue weighted by molar-refractivity contribution is 9.10. The first-order chi connectivity index (χ1) is 9.74. The van der Waals surface area contributed by atoms with Crippen LogP contribution in [0.5, 0.6) is 0 Å². The predicted molar refractivity (Wildman–Crippen MR) is 77.9 cm³/mol. The molecule has 20 heavy (non-hydrogen) atoms. The van der Waals surface area contributed by atoms with Crippen LogP contribution in [0.4, 0.5) is 0 Å². The Kier molecular flexibility index (Phi) is 4.14. The Labute approximate surface area is 125 Å². The molecule has 0 saturated carbocycles.